The lowest BCUT2D eigenvalue weighted by atomic mass is 10.4. The van der Waals surface area contributed by atoms with Crippen molar-refractivity contribution in [2.75, 3.05) is 5.73 Å². The van der Waals surface area contributed by atoms with Crippen molar-refractivity contribution in [1.29, 1.82) is 0 Å². The number of aromatic nitrogens is 1. The molecule has 0 aromatic carbocycles. The molecule has 3 heteroatoms. The fraction of sp³-hybridized carbons (Fsp3) is 0.143. The van der Waals surface area contributed by atoms with Crippen LogP contribution in [0.25, 0.3) is 0 Å². The van der Waals surface area contributed by atoms with Crippen molar-refractivity contribution in [3.63, 3.8) is 0 Å². The summed E-state index contributed by atoms with van der Waals surface area (Å²) < 4.78 is 0. The topological polar surface area (TPSA) is 51.3 Å². The smallest absolute Gasteiger partial charge is 0.0886 e. The Hall–Kier alpha value is -1.38. The third kappa shape index (κ3) is 1.31. The first-order valence-electron chi connectivity index (χ1n) is 3.02. The third-order valence-corrected chi connectivity index (χ3v) is 1.10. The Morgan fingerprint density at radius 1 is 1.70 bits per heavy atom. The first-order chi connectivity index (χ1) is 4.84. The van der Waals surface area contributed by atoms with Crippen molar-refractivity contribution in [3.8, 4) is 0 Å². The van der Waals surface area contributed by atoms with Crippen molar-refractivity contribution in [2.45, 2.75) is 6.92 Å². The zero-order chi connectivity index (χ0) is 7.40. The molecule has 10 heavy (non-hydrogen) atoms. The highest BCUT2D eigenvalue weighted by Crippen LogP contribution is 2.17. The number of nitrogens with two attached hydrogens (primary N) is 1. The predicted molar refractivity (Wildman–Crippen MR) is 42.5 cm³/mol. The molecule has 1 rings (SSSR count). The summed E-state index contributed by atoms with van der Waals surface area (Å²) in [6.07, 6.45) is 4.95. The van der Waals surface area contributed by atoms with E-state index in [1.165, 1.54) is 0 Å². The van der Waals surface area contributed by atoms with Gasteiger partial charge in [-0.05, 0) is 13.0 Å². The first-order valence-corrected chi connectivity index (χ1v) is 3.02. The van der Waals surface area contributed by atoms with Gasteiger partial charge in [-0.3, -0.25) is 9.98 Å². The Morgan fingerprint density at radius 2 is 2.50 bits per heavy atom. The lowest BCUT2D eigenvalue weighted by molar-refractivity contribution is 1.32. The Kier molecular flexibility index (Phi) is 1.99. The van der Waals surface area contributed by atoms with Gasteiger partial charge >= 0.3 is 0 Å². The molecule has 0 saturated carbocycles. The predicted octanol–water partition coefficient (Wildman–Crippen LogP) is 1.39. The van der Waals surface area contributed by atoms with Crippen LogP contribution in [-0.2, 0) is 0 Å². The van der Waals surface area contributed by atoms with Crippen molar-refractivity contribution in [2.24, 2.45) is 4.99 Å². The SMILES string of the molecule is C/C=N\c1ccncc1N. The number of nitrogens with zero attached hydrogens (tertiary/aromatic N) is 2. The summed E-state index contributed by atoms with van der Waals surface area (Å²) in [6.45, 7) is 1.85. The zero-order valence-corrected chi connectivity index (χ0v) is 5.78. The van der Waals surface area contributed by atoms with E-state index in [0.29, 0.717) is 5.69 Å². The van der Waals surface area contributed by atoms with Crippen LogP contribution < -0.4 is 5.73 Å². The van der Waals surface area contributed by atoms with Crippen LogP contribution in [0.15, 0.2) is 23.5 Å². The maximum absolute atomic E-state index is 5.53. The summed E-state index contributed by atoms with van der Waals surface area (Å²) in [6, 6.07) is 1.77. The van der Waals surface area contributed by atoms with Crippen LogP contribution in [0.4, 0.5) is 11.4 Å². The van der Waals surface area contributed by atoms with E-state index in [1.54, 1.807) is 24.7 Å². The van der Waals surface area contributed by atoms with E-state index in [-0.39, 0.29) is 0 Å². The van der Waals surface area contributed by atoms with Gasteiger partial charge in [0, 0.05) is 12.4 Å². The van der Waals surface area contributed by atoms with E-state index >= 15 is 0 Å². The van der Waals surface area contributed by atoms with Crippen molar-refractivity contribution < 1.29 is 0 Å². The Balaban J connectivity index is 3.03. The molecule has 0 aliphatic carbocycles. The molecule has 0 saturated heterocycles. The first kappa shape index (κ1) is 6.74. The highest BCUT2D eigenvalue weighted by molar-refractivity contribution is 5.68. The molecule has 0 aliphatic heterocycles. The quantitative estimate of drug-likeness (QED) is 0.591. The molecule has 1 aromatic heterocycles. The minimum absolute atomic E-state index is 0.612. The van der Waals surface area contributed by atoms with E-state index in [0.717, 1.165) is 5.69 Å². The average molecular weight is 135 g/mol. The standard InChI is InChI=1S/C7H9N3/c1-2-10-7-3-4-9-5-6(7)8/h2-5H,8H2,1H3/b10-2-. The van der Waals surface area contributed by atoms with Gasteiger partial charge in [0.1, 0.15) is 0 Å². The number of anilines is 1. The van der Waals surface area contributed by atoms with Crippen LogP contribution in [0.2, 0.25) is 0 Å². The van der Waals surface area contributed by atoms with Gasteiger partial charge in [-0.25, -0.2) is 0 Å². The van der Waals surface area contributed by atoms with Gasteiger partial charge < -0.3 is 5.73 Å². The summed E-state index contributed by atoms with van der Waals surface area (Å²) in [5, 5.41) is 0. The van der Waals surface area contributed by atoms with Crippen LogP contribution in [0.5, 0.6) is 0 Å². The van der Waals surface area contributed by atoms with E-state index in [2.05, 4.69) is 9.98 Å². The molecule has 0 fully saturated rings. The van der Waals surface area contributed by atoms with E-state index < -0.39 is 0 Å². The molecule has 0 aliphatic rings. The van der Waals surface area contributed by atoms with Gasteiger partial charge in [-0.15, -0.1) is 0 Å². The number of nitrogen functional groups attached to an aromatic ring is 1. The molecule has 1 aromatic rings. The van der Waals surface area contributed by atoms with Gasteiger partial charge in [-0.1, -0.05) is 0 Å². The maximum atomic E-state index is 5.53. The molecule has 0 amide bonds. The van der Waals surface area contributed by atoms with Gasteiger partial charge in [0.05, 0.1) is 17.6 Å². The molecular weight excluding hydrogens is 126 g/mol. The zero-order valence-electron chi connectivity index (χ0n) is 5.78. The van der Waals surface area contributed by atoms with E-state index in [9.17, 15) is 0 Å². The number of aliphatic imine (C=N–C) groups is 1. The fourth-order valence-corrected chi connectivity index (χ4v) is 0.656. The second-order valence-electron chi connectivity index (χ2n) is 1.82. The fourth-order valence-electron chi connectivity index (χ4n) is 0.656. The van der Waals surface area contributed by atoms with Crippen LogP contribution in [-0.4, -0.2) is 11.2 Å². The Bertz CT molecular complexity index is 242. The van der Waals surface area contributed by atoms with Crippen molar-refractivity contribution in [1.82, 2.24) is 4.98 Å². The second-order valence-corrected chi connectivity index (χ2v) is 1.82. The minimum Gasteiger partial charge on any atom is -0.396 e. The largest absolute Gasteiger partial charge is 0.396 e. The second kappa shape index (κ2) is 2.96. The molecule has 0 unspecified atom stereocenters. The summed E-state index contributed by atoms with van der Waals surface area (Å²) >= 11 is 0. The normalized spacial score (nSPS) is 10.5. The van der Waals surface area contributed by atoms with Gasteiger partial charge in [0.2, 0.25) is 0 Å². The summed E-state index contributed by atoms with van der Waals surface area (Å²) in [7, 11) is 0. The molecular formula is C7H9N3. The molecule has 0 radical (unpaired) electrons. The molecule has 3 nitrogen and oxygen atoms in total. The van der Waals surface area contributed by atoms with Gasteiger partial charge in [0.25, 0.3) is 0 Å². The maximum Gasteiger partial charge on any atom is 0.0886 e. The minimum atomic E-state index is 0.612. The van der Waals surface area contributed by atoms with Crippen LogP contribution in [0, 0.1) is 0 Å². The van der Waals surface area contributed by atoms with Gasteiger partial charge in [-0.2, -0.15) is 0 Å². The lowest BCUT2D eigenvalue weighted by Gasteiger charge is -1.94. The van der Waals surface area contributed by atoms with Crippen LogP contribution in [0.1, 0.15) is 6.92 Å². The Morgan fingerprint density at radius 3 is 3.10 bits per heavy atom. The average Bonchev–Trinajstić information content (AvgIpc) is 1.94. The van der Waals surface area contributed by atoms with Crippen molar-refractivity contribution >= 4 is 17.6 Å². The number of rotatable bonds is 1. The number of hydrogen-bond donors (Lipinski definition) is 1. The Labute approximate surface area is 59.6 Å². The molecule has 0 spiro atoms. The third-order valence-electron chi connectivity index (χ3n) is 1.10. The number of pyridine rings is 1. The summed E-state index contributed by atoms with van der Waals surface area (Å²) in [5.74, 6) is 0. The van der Waals surface area contributed by atoms with E-state index in [4.69, 9.17) is 5.73 Å². The highest BCUT2D eigenvalue weighted by Gasteiger charge is 1.91. The van der Waals surface area contributed by atoms with Gasteiger partial charge in [0.15, 0.2) is 0 Å². The highest BCUT2D eigenvalue weighted by atomic mass is 14.8. The summed E-state index contributed by atoms with van der Waals surface area (Å²) in [5.41, 5.74) is 6.92. The molecule has 0 atom stereocenters. The monoisotopic (exact) mass is 135 g/mol. The molecule has 1 heterocycles. The van der Waals surface area contributed by atoms with Crippen molar-refractivity contribution in [3.05, 3.63) is 18.5 Å². The van der Waals surface area contributed by atoms with Crippen LogP contribution >= 0.6 is 0 Å². The van der Waals surface area contributed by atoms with E-state index in [1.807, 2.05) is 6.92 Å². The molecule has 52 valence electrons. The number of hydrogen-bond acceptors (Lipinski definition) is 3. The molecule has 0 bridgehead atoms. The summed E-state index contributed by atoms with van der Waals surface area (Å²) in [4.78, 5) is 7.84. The van der Waals surface area contributed by atoms with Crippen LogP contribution in [0.3, 0.4) is 0 Å². The lowest BCUT2D eigenvalue weighted by Crippen LogP contribution is -1.85. The molecule has 2 N–H and O–H groups in total.